The Hall–Kier alpha value is 0.250. The zero-order valence-electron chi connectivity index (χ0n) is 7.77. The highest BCUT2D eigenvalue weighted by molar-refractivity contribution is 6.19. The molecule has 1 nitrogen and oxygen atoms in total. The molecule has 2 heteroatoms. The van der Waals surface area contributed by atoms with Crippen LogP contribution < -0.4 is 0 Å². The van der Waals surface area contributed by atoms with Gasteiger partial charge < -0.3 is 4.74 Å². The van der Waals surface area contributed by atoms with Crippen molar-refractivity contribution in [2.45, 2.75) is 45.1 Å². The van der Waals surface area contributed by atoms with Crippen molar-refractivity contribution in [3.63, 3.8) is 0 Å². The van der Waals surface area contributed by atoms with Crippen LogP contribution in [0.5, 0.6) is 0 Å². The summed E-state index contributed by atoms with van der Waals surface area (Å²) >= 11 is 5.94. The van der Waals surface area contributed by atoms with E-state index in [1.807, 2.05) is 0 Å². The fourth-order valence-electron chi connectivity index (χ4n) is 1.18. The molecule has 2 unspecified atom stereocenters. The maximum atomic E-state index is 5.94. The van der Waals surface area contributed by atoms with E-state index in [-0.39, 0.29) is 5.56 Å². The molecular formula is C9H19ClO. The highest BCUT2D eigenvalue weighted by Crippen LogP contribution is 2.21. The number of hydrogen-bond acceptors (Lipinski definition) is 1. The summed E-state index contributed by atoms with van der Waals surface area (Å²) in [6.07, 6.45) is 4.80. The smallest absolute Gasteiger partial charge is 0.133 e. The molecule has 0 rings (SSSR count). The van der Waals surface area contributed by atoms with Crippen LogP contribution in [0.25, 0.3) is 0 Å². The van der Waals surface area contributed by atoms with Crippen LogP contribution in [0, 0.1) is 5.92 Å². The van der Waals surface area contributed by atoms with Crippen LogP contribution in [0.1, 0.15) is 39.5 Å². The van der Waals surface area contributed by atoms with Gasteiger partial charge in [-0.1, -0.05) is 38.3 Å². The van der Waals surface area contributed by atoms with E-state index in [0.717, 1.165) is 6.42 Å². The molecule has 0 aromatic carbocycles. The first-order valence-electron chi connectivity index (χ1n) is 4.43. The van der Waals surface area contributed by atoms with Crippen molar-refractivity contribution in [3.8, 4) is 0 Å². The maximum Gasteiger partial charge on any atom is 0.133 e. The molecule has 0 bridgehead atoms. The van der Waals surface area contributed by atoms with Crippen LogP contribution in [0.4, 0.5) is 0 Å². The Morgan fingerprint density at radius 3 is 2.36 bits per heavy atom. The summed E-state index contributed by atoms with van der Waals surface area (Å²) in [5.41, 5.74) is -0.0912. The van der Waals surface area contributed by atoms with Gasteiger partial charge >= 0.3 is 0 Å². The zero-order chi connectivity index (χ0) is 8.69. The fraction of sp³-hybridized carbons (Fsp3) is 1.00. The van der Waals surface area contributed by atoms with E-state index in [1.54, 1.807) is 7.11 Å². The largest absolute Gasteiger partial charge is 0.365 e. The van der Waals surface area contributed by atoms with Gasteiger partial charge in [0.1, 0.15) is 5.56 Å². The quantitative estimate of drug-likeness (QED) is 0.567. The molecule has 0 heterocycles. The Morgan fingerprint density at radius 1 is 1.36 bits per heavy atom. The second-order valence-corrected chi connectivity index (χ2v) is 3.33. The van der Waals surface area contributed by atoms with E-state index in [2.05, 4.69) is 13.8 Å². The standard InChI is InChI=1S/C9H19ClO/c1-4-6-7-8(5-2)9(10)11-3/h8-9H,4-7H2,1-3H3. The van der Waals surface area contributed by atoms with Crippen molar-refractivity contribution in [1.82, 2.24) is 0 Å². The van der Waals surface area contributed by atoms with E-state index < -0.39 is 0 Å². The predicted octanol–water partition coefficient (Wildman–Crippen LogP) is 3.41. The molecule has 0 aromatic rings. The second kappa shape index (κ2) is 6.93. The van der Waals surface area contributed by atoms with Crippen LogP contribution in [0.3, 0.4) is 0 Å². The van der Waals surface area contributed by atoms with Crippen molar-refractivity contribution in [2.24, 2.45) is 5.92 Å². The lowest BCUT2D eigenvalue weighted by Crippen LogP contribution is -2.15. The van der Waals surface area contributed by atoms with Crippen molar-refractivity contribution in [2.75, 3.05) is 7.11 Å². The Balaban J connectivity index is 3.56. The first-order chi connectivity index (χ1) is 5.26. The van der Waals surface area contributed by atoms with E-state index in [1.165, 1.54) is 19.3 Å². The number of unbranched alkanes of at least 4 members (excludes halogenated alkanes) is 1. The number of halogens is 1. The van der Waals surface area contributed by atoms with Crippen molar-refractivity contribution in [1.29, 1.82) is 0 Å². The maximum absolute atomic E-state index is 5.94. The van der Waals surface area contributed by atoms with E-state index in [4.69, 9.17) is 16.3 Å². The molecule has 11 heavy (non-hydrogen) atoms. The summed E-state index contributed by atoms with van der Waals surface area (Å²) in [4.78, 5) is 0. The van der Waals surface area contributed by atoms with Crippen molar-refractivity contribution >= 4 is 11.6 Å². The van der Waals surface area contributed by atoms with E-state index in [9.17, 15) is 0 Å². The van der Waals surface area contributed by atoms with Crippen LogP contribution >= 0.6 is 11.6 Å². The Bertz CT molecular complexity index is 85.6. The molecule has 0 saturated heterocycles. The molecule has 0 saturated carbocycles. The summed E-state index contributed by atoms with van der Waals surface area (Å²) in [6.45, 7) is 4.36. The van der Waals surface area contributed by atoms with Crippen molar-refractivity contribution in [3.05, 3.63) is 0 Å². The SMILES string of the molecule is CCCCC(CC)C(Cl)OC. The lowest BCUT2D eigenvalue weighted by molar-refractivity contribution is 0.109. The minimum absolute atomic E-state index is 0.0912. The summed E-state index contributed by atoms with van der Waals surface area (Å²) < 4.78 is 5.07. The molecule has 0 aliphatic carbocycles. The third-order valence-corrected chi connectivity index (χ3v) is 2.58. The number of ether oxygens (including phenoxy) is 1. The van der Waals surface area contributed by atoms with Gasteiger partial charge in [-0.15, -0.1) is 0 Å². The van der Waals surface area contributed by atoms with Gasteiger partial charge in [0.15, 0.2) is 0 Å². The predicted molar refractivity (Wildman–Crippen MR) is 50.0 cm³/mol. The van der Waals surface area contributed by atoms with Crippen LogP contribution in [0.15, 0.2) is 0 Å². The molecule has 0 radical (unpaired) electrons. The molecule has 0 fully saturated rings. The van der Waals surface area contributed by atoms with E-state index in [0.29, 0.717) is 5.92 Å². The molecule has 0 N–H and O–H groups in total. The summed E-state index contributed by atoms with van der Waals surface area (Å²) in [5, 5.41) is 0. The minimum atomic E-state index is -0.0912. The van der Waals surface area contributed by atoms with Crippen LogP contribution in [-0.4, -0.2) is 12.7 Å². The van der Waals surface area contributed by atoms with Gasteiger partial charge in [0, 0.05) is 7.11 Å². The first-order valence-corrected chi connectivity index (χ1v) is 4.86. The van der Waals surface area contributed by atoms with Gasteiger partial charge in [0.05, 0.1) is 0 Å². The topological polar surface area (TPSA) is 9.23 Å². The second-order valence-electron chi connectivity index (χ2n) is 2.90. The highest BCUT2D eigenvalue weighted by atomic mass is 35.5. The van der Waals surface area contributed by atoms with Crippen LogP contribution in [0.2, 0.25) is 0 Å². The van der Waals surface area contributed by atoms with Gasteiger partial charge in [-0.25, -0.2) is 0 Å². The minimum Gasteiger partial charge on any atom is -0.365 e. The molecular weight excluding hydrogens is 160 g/mol. The summed E-state index contributed by atoms with van der Waals surface area (Å²) in [6, 6.07) is 0. The number of hydrogen-bond donors (Lipinski definition) is 0. The van der Waals surface area contributed by atoms with Gasteiger partial charge in [-0.05, 0) is 18.8 Å². The lowest BCUT2D eigenvalue weighted by atomic mass is 10.0. The Kier molecular flexibility index (Phi) is 7.09. The molecule has 0 spiro atoms. The van der Waals surface area contributed by atoms with E-state index >= 15 is 0 Å². The van der Waals surface area contributed by atoms with Crippen molar-refractivity contribution < 1.29 is 4.74 Å². The summed E-state index contributed by atoms with van der Waals surface area (Å²) in [5.74, 6) is 0.529. The Labute approximate surface area is 75.1 Å². The highest BCUT2D eigenvalue weighted by Gasteiger charge is 2.15. The van der Waals surface area contributed by atoms with Gasteiger partial charge in [0.25, 0.3) is 0 Å². The zero-order valence-corrected chi connectivity index (χ0v) is 8.53. The molecule has 0 amide bonds. The van der Waals surface area contributed by atoms with Gasteiger partial charge in [-0.2, -0.15) is 0 Å². The average Bonchev–Trinajstić information content (AvgIpc) is 2.05. The monoisotopic (exact) mass is 178 g/mol. The van der Waals surface area contributed by atoms with Gasteiger partial charge in [0.2, 0.25) is 0 Å². The Morgan fingerprint density at radius 2 is 2.00 bits per heavy atom. The number of alkyl halides is 1. The molecule has 2 atom stereocenters. The van der Waals surface area contributed by atoms with Crippen LogP contribution in [-0.2, 0) is 4.74 Å². The third kappa shape index (κ3) is 4.65. The number of methoxy groups -OCH3 is 1. The first kappa shape index (κ1) is 11.2. The normalized spacial score (nSPS) is 16.4. The lowest BCUT2D eigenvalue weighted by Gasteiger charge is -2.18. The summed E-state index contributed by atoms with van der Waals surface area (Å²) in [7, 11) is 1.67. The average molecular weight is 179 g/mol. The van der Waals surface area contributed by atoms with Gasteiger partial charge in [-0.3, -0.25) is 0 Å². The number of rotatable bonds is 6. The molecule has 68 valence electrons. The molecule has 0 aliphatic rings. The molecule has 0 aliphatic heterocycles. The fourth-order valence-corrected chi connectivity index (χ4v) is 1.48. The third-order valence-electron chi connectivity index (χ3n) is 2.05. The molecule has 0 aromatic heterocycles.